The van der Waals surface area contributed by atoms with Crippen molar-refractivity contribution in [2.75, 3.05) is 7.11 Å². The van der Waals surface area contributed by atoms with Gasteiger partial charge in [-0.15, -0.1) is 0 Å². The van der Waals surface area contributed by atoms with Crippen molar-refractivity contribution in [2.45, 2.75) is 6.92 Å². The SMILES string of the molecule is COc1ccc2nc(Cl)c(C(=O)O)c(C)c2c1. The Bertz CT molecular complexity index is 610. The van der Waals surface area contributed by atoms with E-state index in [0.29, 0.717) is 16.8 Å². The van der Waals surface area contributed by atoms with Crippen LogP contribution in [0.15, 0.2) is 18.2 Å². The molecule has 0 aliphatic carbocycles. The number of halogens is 1. The number of aryl methyl sites for hydroxylation is 1. The second-order valence-corrected chi connectivity index (χ2v) is 3.95. The summed E-state index contributed by atoms with van der Waals surface area (Å²) in [5.41, 5.74) is 1.28. The molecule has 17 heavy (non-hydrogen) atoms. The molecule has 0 radical (unpaired) electrons. The molecule has 0 fully saturated rings. The van der Waals surface area contributed by atoms with Crippen molar-refractivity contribution >= 4 is 28.5 Å². The van der Waals surface area contributed by atoms with Gasteiger partial charge in [0.05, 0.1) is 12.6 Å². The van der Waals surface area contributed by atoms with Gasteiger partial charge in [-0.25, -0.2) is 9.78 Å². The fraction of sp³-hybridized carbons (Fsp3) is 0.167. The smallest absolute Gasteiger partial charge is 0.339 e. The van der Waals surface area contributed by atoms with Gasteiger partial charge in [0.1, 0.15) is 16.5 Å². The van der Waals surface area contributed by atoms with E-state index in [1.807, 2.05) is 0 Å². The number of benzene rings is 1. The first-order valence-corrected chi connectivity index (χ1v) is 5.29. The van der Waals surface area contributed by atoms with Gasteiger partial charge in [-0.3, -0.25) is 0 Å². The van der Waals surface area contributed by atoms with Gasteiger partial charge in [0, 0.05) is 5.39 Å². The number of carbonyl (C=O) groups is 1. The van der Waals surface area contributed by atoms with Crippen LogP contribution in [-0.4, -0.2) is 23.2 Å². The van der Waals surface area contributed by atoms with Gasteiger partial charge in [-0.05, 0) is 30.7 Å². The van der Waals surface area contributed by atoms with Crippen molar-refractivity contribution < 1.29 is 14.6 Å². The predicted molar refractivity (Wildman–Crippen MR) is 65.0 cm³/mol. The van der Waals surface area contributed by atoms with E-state index < -0.39 is 5.97 Å². The lowest BCUT2D eigenvalue weighted by atomic mass is 10.0. The molecule has 0 aliphatic rings. The van der Waals surface area contributed by atoms with Crippen LogP contribution >= 0.6 is 11.6 Å². The van der Waals surface area contributed by atoms with Crippen molar-refractivity contribution in [3.05, 3.63) is 34.5 Å². The Morgan fingerprint density at radius 2 is 2.18 bits per heavy atom. The third kappa shape index (κ3) is 1.91. The topological polar surface area (TPSA) is 59.4 Å². The summed E-state index contributed by atoms with van der Waals surface area (Å²) in [7, 11) is 1.55. The first-order valence-electron chi connectivity index (χ1n) is 4.91. The Labute approximate surface area is 103 Å². The summed E-state index contributed by atoms with van der Waals surface area (Å²) in [6.07, 6.45) is 0. The van der Waals surface area contributed by atoms with Crippen LogP contribution in [0, 0.1) is 6.92 Å². The van der Waals surface area contributed by atoms with Crippen molar-refractivity contribution in [3.8, 4) is 5.75 Å². The number of nitrogens with zero attached hydrogens (tertiary/aromatic N) is 1. The van der Waals surface area contributed by atoms with Gasteiger partial charge >= 0.3 is 5.97 Å². The van der Waals surface area contributed by atoms with E-state index in [-0.39, 0.29) is 10.7 Å². The van der Waals surface area contributed by atoms with Crippen LogP contribution in [0.4, 0.5) is 0 Å². The maximum Gasteiger partial charge on any atom is 0.339 e. The summed E-state index contributed by atoms with van der Waals surface area (Å²) >= 11 is 5.85. The Morgan fingerprint density at radius 3 is 2.76 bits per heavy atom. The summed E-state index contributed by atoms with van der Waals surface area (Å²) in [5, 5.41) is 9.81. The Morgan fingerprint density at radius 1 is 1.47 bits per heavy atom. The van der Waals surface area contributed by atoms with Crippen LogP contribution in [0.25, 0.3) is 10.9 Å². The van der Waals surface area contributed by atoms with E-state index in [0.717, 1.165) is 5.39 Å². The van der Waals surface area contributed by atoms with E-state index in [2.05, 4.69) is 4.98 Å². The molecule has 0 unspecified atom stereocenters. The van der Waals surface area contributed by atoms with Crippen molar-refractivity contribution in [3.63, 3.8) is 0 Å². The molecule has 5 heteroatoms. The number of fused-ring (bicyclic) bond motifs is 1. The minimum atomic E-state index is -1.08. The van der Waals surface area contributed by atoms with Gasteiger partial charge in [0.15, 0.2) is 0 Å². The minimum Gasteiger partial charge on any atom is -0.497 e. The van der Waals surface area contributed by atoms with Crippen molar-refractivity contribution in [1.82, 2.24) is 4.98 Å². The molecule has 4 nitrogen and oxygen atoms in total. The number of ether oxygens (including phenoxy) is 1. The van der Waals surface area contributed by atoms with Crippen molar-refractivity contribution in [1.29, 1.82) is 0 Å². The number of methoxy groups -OCH3 is 1. The fourth-order valence-electron chi connectivity index (χ4n) is 1.74. The van der Waals surface area contributed by atoms with Crippen LogP contribution < -0.4 is 4.74 Å². The molecule has 1 N–H and O–H groups in total. The Kier molecular flexibility index (Phi) is 2.90. The second kappa shape index (κ2) is 4.22. The maximum atomic E-state index is 11.1. The summed E-state index contributed by atoms with van der Waals surface area (Å²) in [6, 6.07) is 5.25. The average molecular weight is 252 g/mol. The molecule has 0 saturated heterocycles. The summed E-state index contributed by atoms with van der Waals surface area (Å²) in [5.74, 6) is -0.425. The number of hydrogen-bond donors (Lipinski definition) is 1. The quantitative estimate of drug-likeness (QED) is 0.834. The minimum absolute atomic E-state index is 0.00710. The molecule has 1 aromatic carbocycles. The van der Waals surface area contributed by atoms with Crippen LogP contribution in [0.1, 0.15) is 15.9 Å². The van der Waals surface area contributed by atoms with Gasteiger partial charge in [0.25, 0.3) is 0 Å². The number of aromatic nitrogens is 1. The predicted octanol–water partition coefficient (Wildman–Crippen LogP) is 2.90. The van der Waals surface area contributed by atoms with Gasteiger partial charge in [0.2, 0.25) is 0 Å². The van der Waals surface area contributed by atoms with Crippen LogP contribution in [0.3, 0.4) is 0 Å². The normalized spacial score (nSPS) is 10.5. The zero-order valence-corrected chi connectivity index (χ0v) is 10.1. The van der Waals surface area contributed by atoms with E-state index in [9.17, 15) is 4.79 Å². The summed E-state index contributed by atoms with van der Waals surface area (Å²) in [4.78, 5) is 15.1. The number of hydrogen-bond acceptors (Lipinski definition) is 3. The molecule has 2 rings (SSSR count). The van der Waals surface area contributed by atoms with E-state index in [1.54, 1.807) is 32.2 Å². The maximum absolute atomic E-state index is 11.1. The zero-order chi connectivity index (χ0) is 12.6. The van der Waals surface area contributed by atoms with E-state index >= 15 is 0 Å². The van der Waals surface area contributed by atoms with Crippen LogP contribution in [0.2, 0.25) is 5.15 Å². The van der Waals surface area contributed by atoms with Gasteiger partial charge in [-0.1, -0.05) is 11.6 Å². The highest BCUT2D eigenvalue weighted by Gasteiger charge is 2.16. The number of carboxylic acids is 1. The number of pyridine rings is 1. The lowest BCUT2D eigenvalue weighted by Crippen LogP contribution is -2.03. The first kappa shape index (κ1) is 11.7. The van der Waals surface area contributed by atoms with Crippen LogP contribution in [-0.2, 0) is 0 Å². The molecule has 0 spiro atoms. The molecule has 0 amide bonds. The molecule has 2 aromatic rings. The lowest BCUT2D eigenvalue weighted by molar-refractivity contribution is 0.0696. The molecule has 0 saturated carbocycles. The number of carboxylic acid groups (broad SMARTS) is 1. The Hall–Kier alpha value is -1.81. The second-order valence-electron chi connectivity index (χ2n) is 3.59. The first-order chi connectivity index (χ1) is 8.04. The number of rotatable bonds is 2. The summed E-state index contributed by atoms with van der Waals surface area (Å²) in [6.45, 7) is 1.71. The van der Waals surface area contributed by atoms with E-state index in [1.165, 1.54) is 0 Å². The van der Waals surface area contributed by atoms with Gasteiger partial charge < -0.3 is 9.84 Å². The molecular formula is C12H10ClNO3. The largest absolute Gasteiger partial charge is 0.497 e. The highest BCUT2D eigenvalue weighted by molar-refractivity contribution is 6.33. The standard InChI is InChI=1S/C12H10ClNO3/c1-6-8-5-7(17-2)3-4-9(8)14-11(13)10(6)12(15)16/h3-5H,1-2H3,(H,15,16). The molecule has 1 heterocycles. The Balaban J connectivity index is 2.83. The van der Waals surface area contributed by atoms with Crippen molar-refractivity contribution in [2.24, 2.45) is 0 Å². The molecule has 0 atom stereocenters. The third-order valence-electron chi connectivity index (χ3n) is 2.62. The number of aromatic carboxylic acids is 1. The molecular weight excluding hydrogens is 242 g/mol. The molecule has 88 valence electrons. The third-order valence-corrected chi connectivity index (χ3v) is 2.89. The highest BCUT2D eigenvalue weighted by atomic mass is 35.5. The zero-order valence-electron chi connectivity index (χ0n) is 9.32. The van der Waals surface area contributed by atoms with E-state index in [4.69, 9.17) is 21.4 Å². The summed E-state index contributed by atoms with van der Waals surface area (Å²) < 4.78 is 5.10. The molecule has 0 aliphatic heterocycles. The van der Waals surface area contributed by atoms with Crippen LogP contribution in [0.5, 0.6) is 5.75 Å². The highest BCUT2D eigenvalue weighted by Crippen LogP contribution is 2.28. The lowest BCUT2D eigenvalue weighted by Gasteiger charge is -2.08. The van der Waals surface area contributed by atoms with Gasteiger partial charge in [-0.2, -0.15) is 0 Å². The monoisotopic (exact) mass is 251 g/mol. The molecule has 1 aromatic heterocycles. The molecule has 0 bridgehead atoms. The average Bonchev–Trinajstić information content (AvgIpc) is 2.28. The fourth-order valence-corrected chi connectivity index (χ4v) is 2.05.